The van der Waals surface area contributed by atoms with Crippen molar-refractivity contribution in [3.63, 3.8) is 0 Å². The molecule has 3 nitrogen and oxygen atoms in total. The van der Waals surface area contributed by atoms with Crippen molar-refractivity contribution in [3.05, 3.63) is 0 Å². The Balaban J connectivity index is 2.34. The molecule has 1 aliphatic rings. The summed E-state index contributed by atoms with van der Waals surface area (Å²) >= 11 is 0. The molecule has 0 aromatic heterocycles. The molecule has 1 fully saturated rings. The standard InChI is InChI=1S/C11H23N3/c1-4-10(7-9-5-6-9)14-11(12)13-8(2)3/h8-10H,4-7H2,1-3H3,(H3,12,13,14). The van der Waals surface area contributed by atoms with Crippen molar-refractivity contribution in [1.82, 2.24) is 5.32 Å². The van der Waals surface area contributed by atoms with E-state index >= 15 is 0 Å². The second kappa shape index (κ2) is 5.23. The first-order valence-electron chi connectivity index (χ1n) is 5.71. The van der Waals surface area contributed by atoms with Crippen LogP contribution in [0.15, 0.2) is 4.99 Å². The zero-order valence-electron chi connectivity index (χ0n) is 9.59. The molecule has 0 aromatic carbocycles. The number of nitrogens with one attached hydrogen (secondary N) is 1. The highest BCUT2D eigenvalue weighted by molar-refractivity contribution is 5.78. The van der Waals surface area contributed by atoms with Gasteiger partial charge in [-0.1, -0.05) is 19.8 Å². The highest BCUT2D eigenvalue weighted by atomic mass is 15.1. The zero-order chi connectivity index (χ0) is 10.6. The van der Waals surface area contributed by atoms with E-state index in [0.717, 1.165) is 12.3 Å². The quantitative estimate of drug-likeness (QED) is 0.522. The van der Waals surface area contributed by atoms with Crippen molar-refractivity contribution in [1.29, 1.82) is 0 Å². The lowest BCUT2D eigenvalue weighted by molar-refractivity contribution is 0.552. The number of nitrogens with two attached hydrogens (primary N) is 1. The first-order chi connectivity index (χ1) is 6.61. The molecule has 3 N–H and O–H groups in total. The molecule has 0 spiro atoms. The van der Waals surface area contributed by atoms with Gasteiger partial charge in [0.05, 0.1) is 6.04 Å². The van der Waals surface area contributed by atoms with E-state index in [1.54, 1.807) is 0 Å². The van der Waals surface area contributed by atoms with Gasteiger partial charge in [-0.15, -0.1) is 0 Å². The Hall–Kier alpha value is -0.730. The largest absolute Gasteiger partial charge is 0.370 e. The number of rotatable bonds is 5. The fraction of sp³-hybridized carbons (Fsp3) is 0.909. The van der Waals surface area contributed by atoms with Gasteiger partial charge in [0.25, 0.3) is 0 Å². The van der Waals surface area contributed by atoms with E-state index in [1.165, 1.54) is 19.3 Å². The van der Waals surface area contributed by atoms with Crippen LogP contribution in [-0.4, -0.2) is 18.0 Å². The summed E-state index contributed by atoms with van der Waals surface area (Å²) in [7, 11) is 0. The fourth-order valence-corrected chi connectivity index (χ4v) is 1.58. The second-order valence-corrected chi connectivity index (χ2v) is 4.55. The summed E-state index contributed by atoms with van der Waals surface area (Å²) in [6, 6.07) is 0.797. The summed E-state index contributed by atoms with van der Waals surface area (Å²) in [5.74, 6) is 1.53. The van der Waals surface area contributed by atoms with Crippen molar-refractivity contribution in [3.8, 4) is 0 Å². The van der Waals surface area contributed by atoms with E-state index in [1.807, 2.05) is 0 Å². The third kappa shape index (κ3) is 4.49. The third-order valence-corrected chi connectivity index (χ3v) is 2.53. The third-order valence-electron chi connectivity index (χ3n) is 2.53. The second-order valence-electron chi connectivity index (χ2n) is 4.55. The first-order valence-corrected chi connectivity index (χ1v) is 5.71. The average Bonchev–Trinajstić information content (AvgIpc) is 2.85. The lowest BCUT2D eigenvalue weighted by atomic mass is 10.1. The molecule has 82 valence electrons. The van der Waals surface area contributed by atoms with Crippen LogP contribution in [0.3, 0.4) is 0 Å². The minimum atomic E-state index is 0.372. The summed E-state index contributed by atoms with van der Waals surface area (Å²) < 4.78 is 0. The van der Waals surface area contributed by atoms with E-state index in [-0.39, 0.29) is 0 Å². The maximum Gasteiger partial charge on any atom is 0.189 e. The normalized spacial score (nSPS) is 19.9. The SMILES string of the molecule is CCC(CC1CC1)N=C(N)NC(C)C. The predicted octanol–water partition coefficient (Wildman–Crippen LogP) is 1.88. The summed E-state index contributed by atoms with van der Waals surface area (Å²) in [6.45, 7) is 6.33. The average molecular weight is 197 g/mol. The molecule has 1 aliphatic carbocycles. The van der Waals surface area contributed by atoms with Crippen LogP contribution in [0.2, 0.25) is 0 Å². The van der Waals surface area contributed by atoms with Gasteiger partial charge >= 0.3 is 0 Å². The highest BCUT2D eigenvalue weighted by Crippen LogP contribution is 2.34. The van der Waals surface area contributed by atoms with Gasteiger partial charge in [-0.2, -0.15) is 0 Å². The molecule has 0 amide bonds. The van der Waals surface area contributed by atoms with E-state index in [4.69, 9.17) is 5.73 Å². The van der Waals surface area contributed by atoms with Crippen molar-refractivity contribution in [2.24, 2.45) is 16.6 Å². The van der Waals surface area contributed by atoms with Crippen LogP contribution in [0.5, 0.6) is 0 Å². The molecule has 14 heavy (non-hydrogen) atoms. The molecule has 3 heteroatoms. The number of nitrogens with zero attached hydrogens (tertiary/aromatic N) is 1. The number of guanidine groups is 1. The summed E-state index contributed by atoms with van der Waals surface area (Å²) in [6.07, 6.45) is 5.10. The van der Waals surface area contributed by atoms with Gasteiger partial charge in [0.2, 0.25) is 0 Å². The van der Waals surface area contributed by atoms with Crippen LogP contribution in [-0.2, 0) is 0 Å². The summed E-state index contributed by atoms with van der Waals surface area (Å²) in [5.41, 5.74) is 5.79. The molecule has 0 radical (unpaired) electrons. The Bertz CT molecular complexity index is 195. The maximum absolute atomic E-state index is 5.79. The van der Waals surface area contributed by atoms with Gasteiger partial charge in [-0.05, 0) is 32.6 Å². The molecule has 1 unspecified atom stereocenters. The molecule has 0 bridgehead atoms. The molecular formula is C11H23N3. The van der Waals surface area contributed by atoms with Crippen molar-refractivity contribution in [2.75, 3.05) is 0 Å². The van der Waals surface area contributed by atoms with Gasteiger partial charge in [-0.3, -0.25) is 4.99 Å². The predicted molar refractivity (Wildman–Crippen MR) is 61.3 cm³/mol. The lowest BCUT2D eigenvalue weighted by Gasteiger charge is -2.13. The molecule has 0 saturated heterocycles. The van der Waals surface area contributed by atoms with Crippen molar-refractivity contribution in [2.45, 2.75) is 58.5 Å². The molecule has 0 heterocycles. The van der Waals surface area contributed by atoms with E-state index in [0.29, 0.717) is 18.0 Å². The molecule has 1 atom stereocenters. The zero-order valence-corrected chi connectivity index (χ0v) is 9.59. The van der Waals surface area contributed by atoms with Crippen molar-refractivity contribution < 1.29 is 0 Å². The number of aliphatic imine (C=N–C) groups is 1. The van der Waals surface area contributed by atoms with Gasteiger partial charge < -0.3 is 11.1 Å². The van der Waals surface area contributed by atoms with Crippen LogP contribution in [0.4, 0.5) is 0 Å². The Morgan fingerprint density at radius 3 is 2.57 bits per heavy atom. The highest BCUT2D eigenvalue weighted by Gasteiger charge is 2.24. The molecule has 1 rings (SSSR count). The van der Waals surface area contributed by atoms with Crippen molar-refractivity contribution >= 4 is 5.96 Å². The number of hydrogen-bond donors (Lipinski definition) is 2. The maximum atomic E-state index is 5.79. The van der Waals surface area contributed by atoms with Crippen LogP contribution in [0.25, 0.3) is 0 Å². The Morgan fingerprint density at radius 1 is 1.50 bits per heavy atom. The smallest absolute Gasteiger partial charge is 0.189 e. The van der Waals surface area contributed by atoms with E-state index in [2.05, 4.69) is 31.1 Å². The minimum absolute atomic E-state index is 0.372. The minimum Gasteiger partial charge on any atom is -0.370 e. The summed E-state index contributed by atoms with van der Waals surface area (Å²) in [4.78, 5) is 4.50. The Morgan fingerprint density at radius 2 is 2.14 bits per heavy atom. The Labute approximate surface area is 87.2 Å². The monoisotopic (exact) mass is 197 g/mol. The van der Waals surface area contributed by atoms with Gasteiger partial charge in [-0.25, -0.2) is 0 Å². The van der Waals surface area contributed by atoms with Crippen LogP contribution < -0.4 is 11.1 Å². The van der Waals surface area contributed by atoms with E-state index < -0.39 is 0 Å². The van der Waals surface area contributed by atoms with E-state index in [9.17, 15) is 0 Å². The summed E-state index contributed by atoms with van der Waals surface area (Å²) in [5, 5.41) is 3.13. The van der Waals surface area contributed by atoms with Gasteiger partial charge in [0.15, 0.2) is 5.96 Å². The molecular weight excluding hydrogens is 174 g/mol. The molecule has 0 aromatic rings. The van der Waals surface area contributed by atoms with Crippen LogP contribution in [0, 0.1) is 5.92 Å². The van der Waals surface area contributed by atoms with Crippen LogP contribution in [0.1, 0.15) is 46.5 Å². The Kier molecular flexibility index (Phi) is 4.23. The van der Waals surface area contributed by atoms with Gasteiger partial charge in [0, 0.05) is 6.04 Å². The van der Waals surface area contributed by atoms with Crippen LogP contribution >= 0.6 is 0 Å². The lowest BCUT2D eigenvalue weighted by Crippen LogP contribution is -2.37. The molecule has 1 saturated carbocycles. The number of hydrogen-bond acceptors (Lipinski definition) is 1. The fourth-order valence-electron chi connectivity index (χ4n) is 1.58. The first kappa shape index (κ1) is 11.3. The molecule has 0 aliphatic heterocycles. The topological polar surface area (TPSA) is 50.4 Å². The van der Waals surface area contributed by atoms with Gasteiger partial charge in [0.1, 0.15) is 0 Å².